The number of rotatable bonds is 5. The maximum atomic E-state index is 6.00. The van der Waals surface area contributed by atoms with E-state index >= 15 is 0 Å². The summed E-state index contributed by atoms with van der Waals surface area (Å²) in [5, 5.41) is 0. The lowest BCUT2D eigenvalue weighted by atomic mass is 9.77. The van der Waals surface area contributed by atoms with Gasteiger partial charge in [0, 0.05) is 19.1 Å². The molecule has 1 fully saturated rings. The second kappa shape index (κ2) is 7.68. The Kier molecular flexibility index (Phi) is 6.14. The average molecular weight is 306 g/mol. The molecule has 0 bridgehead atoms. The Bertz CT molecular complexity index is 404. The molecule has 22 heavy (non-hydrogen) atoms. The molecule has 2 rings (SSSR count). The van der Waals surface area contributed by atoms with Gasteiger partial charge >= 0.3 is 0 Å². The molecule has 1 aliphatic heterocycles. The van der Waals surface area contributed by atoms with Gasteiger partial charge in [0.15, 0.2) is 0 Å². The zero-order valence-corrected chi connectivity index (χ0v) is 15.3. The quantitative estimate of drug-likeness (QED) is 0.707. The monoisotopic (exact) mass is 305 g/mol. The normalized spacial score (nSPS) is 30.2. The molecule has 0 saturated carbocycles. The summed E-state index contributed by atoms with van der Waals surface area (Å²) in [5.74, 6) is 2.59. The van der Waals surface area contributed by atoms with Crippen molar-refractivity contribution in [2.75, 3.05) is 19.7 Å². The van der Waals surface area contributed by atoms with Crippen LogP contribution in [-0.4, -0.2) is 30.6 Å². The number of hydrogen-bond acceptors (Lipinski definition) is 2. The van der Waals surface area contributed by atoms with Crippen molar-refractivity contribution in [2.24, 2.45) is 17.3 Å². The van der Waals surface area contributed by atoms with Crippen molar-refractivity contribution in [1.29, 1.82) is 0 Å². The maximum absolute atomic E-state index is 6.00. The zero-order valence-electron chi connectivity index (χ0n) is 15.3. The minimum absolute atomic E-state index is 0.344. The molecule has 0 N–H and O–H groups in total. The van der Waals surface area contributed by atoms with Crippen molar-refractivity contribution in [3.05, 3.63) is 24.0 Å². The number of hydrogen-bond donors (Lipinski definition) is 0. The largest absolute Gasteiger partial charge is 0.493 e. The highest BCUT2D eigenvalue weighted by molar-refractivity contribution is 5.19. The lowest BCUT2D eigenvalue weighted by molar-refractivity contribution is 0.0832. The number of nitrogens with zero attached hydrogens (tertiary/aromatic N) is 1. The highest BCUT2D eigenvalue weighted by Crippen LogP contribution is 2.33. The van der Waals surface area contributed by atoms with Crippen LogP contribution in [-0.2, 0) is 4.74 Å². The lowest BCUT2D eigenvalue weighted by Crippen LogP contribution is -2.43. The van der Waals surface area contributed by atoms with Gasteiger partial charge in [0.1, 0.15) is 12.4 Å². The van der Waals surface area contributed by atoms with Gasteiger partial charge in [-0.1, -0.05) is 40.2 Å². The van der Waals surface area contributed by atoms with Crippen LogP contribution in [0.25, 0.3) is 0 Å². The molecule has 0 aromatic rings. The predicted molar refractivity (Wildman–Crippen MR) is 94.8 cm³/mol. The van der Waals surface area contributed by atoms with Gasteiger partial charge in [-0.15, -0.1) is 0 Å². The standard InChI is InChI=1S/C20H35NO/c1-6-17-8-7-16(2)21(15-17)13-14-22-19-11-9-18(10-12-19)20(3,4)5/h9,11-12,16-18H,6-8,10,13-15H2,1-5H3. The van der Waals surface area contributed by atoms with Gasteiger partial charge in [-0.3, -0.25) is 4.90 Å². The van der Waals surface area contributed by atoms with Crippen LogP contribution in [0.2, 0.25) is 0 Å². The van der Waals surface area contributed by atoms with Crippen LogP contribution in [0, 0.1) is 17.3 Å². The first-order valence-corrected chi connectivity index (χ1v) is 9.15. The van der Waals surface area contributed by atoms with E-state index in [4.69, 9.17) is 4.74 Å². The Morgan fingerprint density at radius 1 is 1.27 bits per heavy atom. The third kappa shape index (κ3) is 4.87. The highest BCUT2D eigenvalue weighted by atomic mass is 16.5. The molecule has 2 aliphatic rings. The van der Waals surface area contributed by atoms with Crippen molar-refractivity contribution in [1.82, 2.24) is 4.90 Å². The van der Waals surface area contributed by atoms with E-state index in [1.54, 1.807) is 0 Å². The van der Waals surface area contributed by atoms with Gasteiger partial charge < -0.3 is 4.74 Å². The maximum Gasteiger partial charge on any atom is 0.115 e. The minimum atomic E-state index is 0.344. The Morgan fingerprint density at radius 3 is 2.64 bits per heavy atom. The van der Waals surface area contributed by atoms with Gasteiger partial charge in [0.2, 0.25) is 0 Å². The summed E-state index contributed by atoms with van der Waals surface area (Å²) < 4.78 is 6.00. The van der Waals surface area contributed by atoms with Crippen LogP contribution >= 0.6 is 0 Å². The molecular weight excluding hydrogens is 270 g/mol. The zero-order chi connectivity index (χ0) is 16.2. The minimum Gasteiger partial charge on any atom is -0.493 e. The van der Waals surface area contributed by atoms with Crippen molar-refractivity contribution in [3.63, 3.8) is 0 Å². The Balaban J connectivity index is 1.73. The van der Waals surface area contributed by atoms with E-state index in [0.717, 1.165) is 31.2 Å². The molecule has 0 spiro atoms. The number of likely N-dealkylation sites (tertiary alicyclic amines) is 1. The molecule has 3 atom stereocenters. The summed E-state index contributed by atoms with van der Waals surface area (Å²) in [6, 6.07) is 0.715. The van der Waals surface area contributed by atoms with Gasteiger partial charge in [0.25, 0.3) is 0 Å². The molecule has 1 heterocycles. The van der Waals surface area contributed by atoms with E-state index in [0.29, 0.717) is 17.4 Å². The molecule has 126 valence electrons. The van der Waals surface area contributed by atoms with E-state index in [9.17, 15) is 0 Å². The third-order valence-electron chi connectivity index (χ3n) is 5.51. The van der Waals surface area contributed by atoms with Crippen molar-refractivity contribution in [3.8, 4) is 0 Å². The fourth-order valence-electron chi connectivity index (χ4n) is 3.54. The number of allylic oxidation sites excluding steroid dienone is 3. The Labute approximate surface area is 137 Å². The molecule has 2 heteroatoms. The molecule has 1 aliphatic carbocycles. The van der Waals surface area contributed by atoms with E-state index < -0.39 is 0 Å². The second-order valence-corrected chi connectivity index (χ2v) is 8.22. The summed E-state index contributed by atoms with van der Waals surface area (Å²) in [6.45, 7) is 14.7. The van der Waals surface area contributed by atoms with Gasteiger partial charge in [0.05, 0.1) is 0 Å². The average Bonchev–Trinajstić information content (AvgIpc) is 2.49. The van der Waals surface area contributed by atoms with E-state index in [2.05, 4.69) is 57.7 Å². The van der Waals surface area contributed by atoms with E-state index in [1.165, 1.54) is 25.8 Å². The van der Waals surface area contributed by atoms with Crippen molar-refractivity contribution >= 4 is 0 Å². The van der Waals surface area contributed by atoms with Gasteiger partial charge in [-0.25, -0.2) is 0 Å². The summed E-state index contributed by atoms with van der Waals surface area (Å²) in [5.41, 5.74) is 0.344. The smallest absolute Gasteiger partial charge is 0.115 e. The summed E-state index contributed by atoms with van der Waals surface area (Å²) in [6.07, 6.45) is 11.9. The summed E-state index contributed by atoms with van der Waals surface area (Å²) >= 11 is 0. The first-order valence-electron chi connectivity index (χ1n) is 9.15. The van der Waals surface area contributed by atoms with Gasteiger partial charge in [-0.05, 0) is 55.6 Å². The van der Waals surface area contributed by atoms with Crippen LogP contribution in [0.4, 0.5) is 0 Å². The SMILES string of the molecule is CCC1CCC(C)N(CCOC2=CCC(C(C)(C)C)C=C2)C1. The molecule has 1 saturated heterocycles. The van der Waals surface area contributed by atoms with E-state index in [1.807, 2.05) is 0 Å². The summed E-state index contributed by atoms with van der Waals surface area (Å²) in [4.78, 5) is 2.61. The molecule has 0 aromatic carbocycles. The Morgan fingerprint density at radius 2 is 2.05 bits per heavy atom. The molecule has 0 aromatic heterocycles. The number of ether oxygens (including phenoxy) is 1. The lowest BCUT2D eigenvalue weighted by Gasteiger charge is -2.37. The first kappa shape index (κ1) is 17.6. The summed E-state index contributed by atoms with van der Waals surface area (Å²) in [7, 11) is 0. The number of piperidine rings is 1. The second-order valence-electron chi connectivity index (χ2n) is 8.22. The molecule has 0 amide bonds. The van der Waals surface area contributed by atoms with Crippen molar-refractivity contribution in [2.45, 2.75) is 66.3 Å². The predicted octanol–water partition coefficient (Wildman–Crippen LogP) is 5.02. The topological polar surface area (TPSA) is 12.5 Å². The molecular formula is C20H35NO. The van der Waals surface area contributed by atoms with Gasteiger partial charge in [-0.2, -0.15) is 0 Å². The molecule has 2 nitrogen and oxygen atoms in total. The van der Waals surface area contributed by atoms with Crippen LogP contribution in [0.1, 0.15) is 60.3 Å². The van der Waals surface area contributed by atoms with E-state index in [-0.39, 0.29) is 0 Å². The third-order valence-corrected chi connectivity index (χ3v) is 5.51. The fourth-order valence-corrected chi connectivity index (χ4v) is 3.54. The van der Waals surface area contributed by atoms with Crippen molar-refractivity contribution < 1.29 is 4.74 Å². The Hall–Kier alpha value is -0.760. The van der Waals surface area contributed by atoms with Crippen LogP contribution in [0.5, 0.6) is 0 Å². The molecule has 0 radical (unpaired) electrons. The highest BCUT2D eigenvalue weighted by Gasteiger charge is 2.25. The van der Waals surface area contributed by atoms with Crippen LogP contribution in [0.15, 0.2) is 24.0 Å². The van der Waals surface area contributed by atoms with Crippen LogP contribution < -0.4 is 0 Å². The fraction of sp³-hybridized carbons (Fsp3) is 0.800. The van der Waals surface area contributed by atoms with Crippen LogP contribution in [0.3, 0.4) is 0 Å². The molecule has 3 unspecified atom stereocenters. The first-order chi connectivity index (χ1) is 10.4.